The first-order chi connectivity index (χ1) is 16.3. The second-order valence-corrected chi connectivity index (χ2v) is 8.47. The molecule has 2 aromatic heterocycles. The summed E-state index contributed by atoms with van der Waals surface area (Å²) in [6.45, 7) is 3.56. The molecule has 0 spiro atoms. The molecule has 5 nitrogen and oxygen atoms in total. The lowest BCUT2D eigenvalue weighted by molar-refractivity contribution is 0.573. The Kier molecular flexibility index (Phi) is 6.44. The van der Waals surface area contributed by atoms with Crippen LogP contribution in [-0.4, -0.2) is 27.9 Å². The fraction of sp³-hybridized carbons (Fsp3) is 0.259. The smallest absolute Gasteiger partial charge is 0.128 e. The van der Waals surface area contributed by atoms with Gasteiger partial charge < -0.3 is 10.2 Å². The average molecular weight is 442 g/mol. The maximum absolute atomic E-state index is 13.5. The summed E-state index contributed by atoms with van der Waals surface area (Å²) in [7, 11) is 0. The third kappa shape index (κ3) is 5.12. The number of hydrogen-bond donors (Lipinski definition) is 1. The molecule has 33 heavy (non-hydrogen) atoms. The van der Waals surface area contributed by atoms with Gasteiger partial charge in [-0.3, -0.25) is 0 Å². The van der Waals surface area contributed by atoms with Gasteiger partial charge in [-0.25, -0.2) is 14.1 Å². The van der Waals surface area contributed by atoms with Crippen molar-refractivity contribution in [2.45, 2.75) is 32.4 Å². The van der Waals surface area contributed by atoms with Crippen molar-refractivity contribution in [2.75, 3.05) is 18.0 Å². The normalized spacial score (nSPS) is 13.9. The Hall–Kier alpha value is -3.51. The highest BCUT2D eigenvalue weighted by Gasteiger charge is 2.14. The van der Waals surface area contributed by atoms with E-state index in [9.17, 15) is 4.39 Å². The van der Waals surface area contributed by atoms with Gasteiger partial charge in [-0.1, -0.05) is 24.3 Å². The summed E-state index contributed by atoms with van der Waals surface area (Å²) in [6.07, 6.45) is 7.82. The van der Waals surface area contributed by atoms with Crippen molar-refractivity contribution in [3.63, 3.8) is 0 Å². The topological polar surface area (TPSA) is 46.0 Å². The van der Waals surface area contributed by atoms with Gasteiger partial charge in [0, 0.05) is 49.7 Å². The van der Waals surface area contributed by atoms with Gasteiger partial charge in [0.25, 0.3) is 0 Å². The van der Waals surface area contributed by atoms with Crippen LogP contribution in [0.4, 0.5) is 10.2 Å². The Morgan fingerprint density at radius 2 is 1.64 bits per heavy atom. The van der Waals surface area contributed by atoms with Crippen LogP contribution < -0.4 is 10.2 Å². The molecule has 1 aliphatic rings. The van der Waals surface area contributed by atoms with E-state index < -0.39 is 0 Å². The number of nitrogens with one attached hydrogen (secondary N) is 1. The van der Waals surface area contributed by atoms with Gasteiger partial charge in [0.1, 0.15) is 11.6 Å². The van der Waals surface area contributed by atoms with Gasteiger partial charge in [-0.05, 0) is 67.3 Å². The lowest BCUT2D eigenvalue weighted by Gasteiger charge is -2.27. The summed E-state index contributed by atoms with van der Waals surface area (Å²) in [5.74, 6) is 0.822. The number of aromatic nitrogens is 3. The first-order valence-electron chi connectivity index (χ1n) is 11.6. The average Bonchev–Trinajstić information content (AvgIpc) is 3.30. The molecule has 0 atom stereocenters. The van der Waals surface area contributed by atoms with Crippen LogP contribution in [0.2, 0.25) is 0 Å². The Balaban J connectivity index is 1.30. The Morgan fingerprint density at radius 3 is 2.36 bits per heavy atom. The van der Waals surface area contributed by atoms with Gasteiger partial charge in [0.2, 0.25) is 0 Å². The molecule has 0 saturated carbocycles. The van der Waals surface area contributed by atoms with E-state index in [-0.39, 0.29) is 5.82 Å². The predicted octanol–water partition coefficient (Wildman–Crippen LogP) is 5.35. The molecule has 0 aliphatic carbocycles. The Bertz CT molecular complexity index is 1160. The second-order valence-electron chi connectivity index (χ2n) is 8.47. The molecule has 2 aromatic carbocycles. The van der Waals surface area contributed by atoms with Crippen molar-refractivity contribution in [1.29, 1.82) is 0 Å². The zero-order valence-electron chi connectivity index (χ0n) is 18.6. The summed E-state index contributed by atoms with van der Waals surface area (Å²) >= 11 is 0. The molecule has 1 aliphatic heterocycles. The Labute approximate surface area is 193 Å². The third-order valence-corrected chi connectivity index (χ3v) is 6.06. The zero-order valence-corrected chi connectivity index (χ0v) is 18.6. The third-order valence-electron chi connectivity index (χ3n) is 6.06. The van der Waals surface area contributed by atoms with E-state index in [1.807, 2.05) is 47.4 Å². The van der Waals surface area contributed by atoms with Crippen molar-refractivity contribution in [3.8, 4) is 16.9 Å². The molecule has 4 aromatic rings. The number of anilines is 1. The maximum Gasteiger partial charge on any atom is 0.128 e. The molecule has 0 amide bonds. The highest BCUT2D eigenvalue weighted by molar-refractivity contribution is 5.63. The van der Waals surface area contributed by atoms with E-state index >= 15 is 0 Å². The van der Waals surface area contributed by atoms with Gasteiger partial charge in [-0.2, -0.15) is 5.10 Å². The van der Waals surface area contributed by atoms with Crippen LogP contribution in [0.3, 0.4) is 0 Å². The molecule has 5 rings (SSSR count). The highest BCUT2D eigenvalue weighted by atomic mass is 19.1. The summed E-state index contributed by atoms with van der Waals surface area (Å²) in [5.41, 5.74) is 4.95. The lowest BCUT2D eigenvalue weighted by Crippen LogP contribution is -2.30. The molecule has 0 radical (unpaired) electrons. The first-order valence-corrected chi connectivity index (χ1v) is 11.6. The minimum Gasteiger partial charge on any atom is -0.357 e. The summed E-state index contributed by atoms with van der Waals surface area (Å²) < 4.78 is 15.3. The van der Waals surface area contributed by atoms with Crippen LogP contribution >= 0.6 is 0 Å². The molecule has 0 unspecified atom stereocenters. The van der Waals surface area contributed by atoms with Crippen LogP contribution in [0.1, 0.15) is 30.4 Å². The van der Waals surface area contributed by atoms with E-state index in [0.717, 1.165) is 47.0 Å². The molecule has 1 saturated heterocycles. The van der Waals surface area contributed by atoms with E-state index in [0.29, 0.717) is 13.1 Å². The molecule has 0 bridgehead atoms. The minimum atomic E-state index is -0.249. The lowest BCUT2D eigenvalue weighted by atomic mass is 10.1. The van der Waals surface area contributed by atoms with E-state index in [1.165, 1.54) is 31.4 Å². The van der Waals surface area contributed by atoms with E-state index in [4.69, 9.17) is 5.10 Å². The number of piperidine rings is 1. The number of pyridine rings is 1. The highest BCUT2D eigenvalue weighted by Crippen LogP contribution is 2.24. The number of halogens is 1. The molecule has 3 heterocycles. The van der Waals surface area contributed by atoms with E-state index in [2.05, 4.69) is 27.3 Å². The van der Waals surface area contributed by atoms with Crippen molar-refractivity contribution in [2.24, 2.45) is 0 Å². The van der Waals surface area contributed by atoms with Crippen molar-refractivity contribution >= 4 is 5.82 Å². The molecular weight excluding hydrogens is 413 g/mol. The van der Waals surface area contributed by atoms with Crippen LogP contribution in [0.5, 0.6) is 0 Å². The SMILES string of the molecule is Fc1ccc(-c2nn(-c3ccccc3)cc2CNCc2ccc(N3CCCCC3)nc2)cc1. The predicted molar refractivity (Wildman–Crippen MR) is 130 cm³/mol. The number of hydrogen-bond acceptors (Lipinski definition) is 4. The van der Waals surface area contributed by atoms with Crippen LogP contribution in [0, 0.1) is 5.82 Å². The first kappa shape index (κ1) is 21.3. The molecule has 1 N–H and O–H groups in total. The number of para-hydroxylation sites is 1. The second kappa shape index (κ2) is 9.96. The van der Waals surface area contributed by atoms with Gasteiger partial charge in [0.15, 0.2) is 0 Å². The van der Waals surface area contributed by atoms with Crippen molar-refractivity contribution in [3.05, 3.63) is 96.1 Å². The van der Waals surface area contributed by atoms with Gasteiger partial charge in [-0.15, -0.1) is 0 Å². The molecule has 1 fully saturated rings. The molecule has 168 valence electrons. The molecule has 6 heteroatoms. The Morgan fingerprint density at radius 1 is 0.848 bits per heavy atom. The monoisotopic (exact) mass is 441 g/mol. The van der Waals surface area contributed by atoms with Gasteiger partial charge >= 0.3 is 0 Å². The van der Waals surface area contributed by atoms with Gasteiger partial charge in [0.05, 0.1) is 11.4 Å². The number of rotatable bonds is 7. The molecular formula is C27H28FN5. The van der Waals surface area contributed by atoms with Crippen LogP contribution in [0.15, 0.2) is 79.1 Å². The maximum atomic E-state index is 13.5. The summed E-state index contributed by atoms with van der Waals surface area (Å²) in [6, 6.07) is 20.8. The number of nitrogens with zero attached hydrogens (tertiary/aromatic N) is 4. The standard InChI is InChI=1S/C27H28FN5/c28-24-12-10-22(11-13-24)27-23(20-33(31-27)25-7-3-1-4-8-25)19-29-17-21-9-14-26(30-18-21)32-15-5-2-6-16-32/h1,3-4,7-14,18,20,29H,2,5-6,15-17,19H2. The minimum absolute atomic E-state index is 0.249. The number of benzene rings is 2. The van der Waals surface area contributed by atoms with Crippen LogP contribution in [0.25, 0.3) is 16.9 Å². The van der Waals surface area contributed by atoms with E-state index in [1.54, 1.807) is 12.1 Å². The zero-order chi connectivity index (χ0) is 22.5. The quantitative estimate of drug-likeness (QED) is 0.420. The largest absolute Gasteiger partial charge is 0.357 e. The van der Waals surface area contributed by atoms with Crippen molar-refractivity contribution < 1.29 is 4.39 Å². The summed E-state index contributed by atoms with van der Waals surface area (Å²) in [4.78, 5) is 7.05. The fourth-order valence-electron chi connectivity index (χ4n) is 4.28. The summed E-state index contributed by atoms with van der Waals surface area (Å²) in [5, 5.41) is 8.33. The van der Waals surface area contributed by atoms with Crippen molar-refractivity contribution in [1.82, 2.24) is 20.1 Å². The fourth-order valence-corrected chi connectivity index (χ4v) is 4.28. The van der Waals surface area contributed by atoms with Crippen LogP contribution in [-0.2, 0) is 13.1 Å².